The van der Waals surface area contributed by atoms with Crippen molar-refractivity contribution in [2.24, 2.45) is 0 Å². The van der Waals surface area contributed by atoms with Crippen LogP contribution >= 0.6 is 11.6 Å². The van der Waals surface area contributed by atoms with Gasteiger partial charge in [-0.15, -0.1) is 0 Å². The molecular weight excluding hydrogens is 460 g/mol. The maximum atomic E-state index is 13.1. The quantitative estimate of drug-likeness (QED) is 0.404. The molecular formula is C25H19ClN2O6. The fraction of sp³-hybridized carbons (Fsp3) is 0.0800. The van der Waals surface area contributed by atoms with Gasteiger partial charge in [0.15, 0.2) is 0 Å². The number of hydrogen-bond acceptors (Lipinski definition) is 6. The molecule has 0 saturated carbocycles. The van der Waals surface area contributed by atoms with E-state index in [1.54, 1.807) is 30.3 Å². The van der Waals surface area contributed by atoms with E-state index in [0.717, 1.165) is 10.5 Å². The molecule has 34 heavy (non-hydrogen) atoms. The number of methoxy groups -OCH3 is 1. The number of benzene rings is 3. The van der Waals surface area contributed by atoms with E-state index in [1.807, 2.05) is 12.1 Å². The molecule has 0 aliphatic carbocycles. The van der Waals surface area contributed by atoms with E-state index in [1.165, 1.54) is 37.5 Å². The van der Waals surface area contributed by atoms with Crippen molar-refractivity contribution in [1.29, 1.82) is 0 Å². The van der Waals surface area contributed by atoms with Crippen molar-refractivity contribution in [3.8, 4) is 17.2 Å². The van der Waals surface area contributed by atoms with Gasteiger partial charge in [-0.25, -0.2) is 9.69 Å². The van der Waals surface area contributed by atoms with Crippen molar-refractivity contribution >= 4 is 41.2 Å². The van der Waals surface area contributed by atoms with Crippen molar-refractivity contribution in [2.75, 3.05) is 12.0 Å². The zero-order valence-corrected chi connectivity index (χ0v) is 18.7. The van der Waals surface area contributed by atoms with Crippen LogP contribution in [0.25, 0.3) is 6.08 Å². The number of carbonyl (C=O) groups excluding carboxylic acids is 3. The number of hydrogen-bond donors (Lipinski definition) is 2. The van der Waals surface area contributed by atoms with Gasteiger partial charge in [-0.2, -0.15) is 0 Å². The number of anilines is 1. The fourth-order valence-corrected chi connectivity index (χ4v) is 3.40. The number of halogens is 1. The van der Waals surface area contributed by atoms with Gasteiger partial charge in [-0.1, -0.05) is 23.7 Å². The molecule has 0 bridgehead atoms. The molecule has 0 aromatic heterocycles. The van der Waals surface area contributed by atoms with Crippen molar-refractivity contribution in [3.05, 3.63) is 88.5 Å². The highest BCUT2D eigenvalue weighted by atomic mass is 35.5. The van der Waals surface area contributed by atoms with E-state index in [4.69, 9.17) is 21.1 Å². The second-order valence-electron chi connectivity index (χ2n) is 7.29. The summed E-state index contributed by atoms with van der Waals surface area (Å²) in [5, 5.41) is 12.3. The van der Waals surface area contributed by atoms with Gasteiger partial charge in [0.05, 0.1) is 12.8 Å². The third-order valence-electron chi connectivity index (χ3n) is 5.04. The SMILES string of the molecule is COc1ccc(/C=C2\C(=O)NC(=O)N(c3ccc(O)cc3)C2=O)c(OCc2ccc(Cl)cc2)c1. The average Bonchev–Trinajstić information content (AvgIpc) is 2.83. The standard InChI is InChI=1S/C25H19ClN2O6/c1-33-20-11-4-16(22(13-20)34-14-15-2-5-17(26)6-3-15)12-21-23(30)27-25(32)28(24(21)31)18-7-9-19(29)10-8-18/h2-13,29H,14H2,1H3,(H,27,30,32)/b21-12+. The molecule has 4 rings (SSSR count). The number of ether oxygens (including phenoxy) is 2. The summed E-state index contributed by atoms with van der Waals surface area (Å²) in [6.45, 7) is 0.207. The Morgan fingerprint density at radius 1 is 1.00 bits per heavy atom. The van der Waals surface area contributed by atoms with Crippen LogP contribution in [0.3, 0.4) is 0 Å². The summed E-state index contributed by atoms with van der Waals surface area (Å²) >= 11 is 5.93. The Kier molecular flexibility index (Phi) is 6.51. The monoisotopic (exact) mass is 478 g/mol. The number of aromatic hydroxyl groups is 1. The number of amides is 4. The van der Waals surface area contributed by atoms with Gasteiger partial charge < -0.3 is 14.6 Å². The molecule has 3 aromatic rings. The minimum absolute atomic E-state index is 0.0267. The second-order valence-corrected chi connectivity index (χ2v) is 7.73. The maximum absolute atomic E-state index is 13.1. The van der Waals surface area contributed by atoms with E-state index < -0.39 is 17.8 Å². The Labute approximate surface area is 200 Å². The number of phenolic OH excluding ortho intramolecular Hbond substituents is 1. The summed E-state index contributed by atoms with van der Waals surface area (Å²) in [5.41, 5.74) is 1.25. The van der Waals surface area contributed by atoms with Crippen LogP contribution in [-0.4, -0.2) is 30.1 Å². The Bertz CT molecular complexity index is 1290. The smallest absolute Gasteiger partial charge is 0.335 e. The topological polar surface area (TPSA) is 105 Å². The summed E-state index contributed by atoms with van der Waals surface area (Å²) in [7, 11) is 1.51. The van der Waals surface area contributed by atoms with Gasteiger partial charge in [0.2, 0.25) is 0 Å². The minimum atomic E-state index is -0.883. The number of nitrogens with one attached hydrogen (secondary N) is 1. The highest BCUT2D eigenvalue weighted by molar-refractivity contribution is 6.39. The highest BCUT2D eigenvalue weighted by Crippen LogP contribution is 2.30. The number of carbonyl (C=O) groups is 3. The fourth-order valence-electron chi connectivity index (χ4n) is 3.28. The van der Waals surface area contributed by atoms with Crippen LogP contribution in [0.4, 0.5) is 10.5 Å². The molecule has 1 fully saturated rings. The molecule has 0 unspecified atom stereocenters. The minimum Gasteiger partial charge on any atom is -0.508 e. The molecule has 1 aliphatic heterocycles. The molecule has 0 radical (unpaired) electrons. The Morgan fingerprint density at radius 2 is 1.71 bits per heavy atom. The molecule has 9 heteroatoms. The molecule has 4 amide bonds. The molecule has 1 heterocycles. The van der Waals surface area contributed by atoms with E-state index in [0.29, 0.717) is 22.1 Å². The number of imide groups is 2. The van der Waals surface area contributed by atoms with Gasteiger partial charge in [0.25, 0.3) is 11.8 Å². The van der Waals surface area contributed by atoms with Crippen molar-refractivity contribution in [1.82, 2.24) is 5.32 Å². The van der Waals surface area contributed by atoms with Crippen LogP contribution in [0.15, 0.2) is 72.3 Å². The van der Waals surface area contributed by atoms with Crippen LogP contribution in [0.5, 0.6) is 17.2 Å². The van der Waals surface area contributed by atoms with Crippen LogP contribution < -0.4 is 19.7 Å². The first-order valence-electron chi connectivity index (χ1n) is 10.1. The highest BCUT2D eigenvalue weighted by Gasteiger charge is 2.37. The molecule has 8 nitrogen and oxygen atoms in total. The lowest BCUT2D eigenvalue weighted by Crippen LogP contribution is -2.54. The summed E-state index contributed by atoms with van der Waals surface area (Å²) in [6, 6.07) is 16.7. The molecule has 1 saturated heterocycles. The van der Waals surface area contributed by atoms with Crippen molar-refractivity contribution in [3.63, 3.8) is 0 Å². The molecule has 0 spiro atoms. The molecule has 1 aliphatic rings. The number of rotatable bonds is 6. The van der Waals surface area contributed by atoms with Gasteiger partial charge >= 0.3 is 6.03 Å². The van der Waals surface area contributed by atoms with E-state index >= 15 is 0 Å². The first-order chi connectivity index (χ1) is 16.4. The van der Waals surface area contributed by atoms with Crippen molar-refractivity contribution in [2.45, 2.75) is 6.61 Å². The number of phenols is 1. The van der Waals surface area contributed by atoms with E-state index in [-0.39, 0.29) is 23.6 Å². The summed E-state index contributed by atoms with van der Waals surface area (Å²) in [4.78, 5) is 38.8. The first kappa shape index (κ1) is 22.9. The summed E-state index contributed by atoms with van der Waals surface area (Å²) < 4.78 is 11.2. The number of nitrogens with zero attached hydrogens (tertiary/aromatic N) is 1. The number of urea groups is 1. The van der Waals surface area contributed by atoms with Crippen LogP contribution in [0, 0.1) is 0 Å². The number of barbiturate groups is 1. The predicted octanol–water partition coefficient (Wildman–Crippen LogP) is 4.30. The van der Waals surface area contributed by atoms with Crippen LogP contribution in [0.2, 0.25) is 5.02 Å². The van der Waals surface area contributed by atoms with Crippen LogP contribution in [-0.2, 0) is 16.2 Å². The zero-order valence-electron chi connectivity index (χ0n) is 17.9. The zero-order chi connectivity index (χ0) is 24.2. The first-order valence-corrected chi connectivity index (χ1v) is 10.5. The normalized spacial score (nSPS) is 14.8. The Balaban J connectivity index is 1.67. The largest absolute Gasteiger partial charge is 0.508 e. The summed E-state index contributed by atoms with van der Waals surface area (Å²) in [6.07, 6.45) is 1.36. The van der Waals surface area contributed by atoms with Gasteiger partial charge in [-0.3, -0.25) is 14.9 Å². The van der Waals surface area contributed by atoms with Crippen molar-refractivity contribution < 1.29 is 29.0 Å². The van der Waals surface area contributed by atoms with E-state index in [2.05, 4.69) is 5.32 Å². The van der Waals surface area contributed by atoms with Gasteiger partial charge in [0, 0.05) is 16.7 Å². The van der Waals surface area contributed by atoms with Gasteiger partial charge in [-0.05, 0) is 60.2 Å². The third kappa shape index (κ3) is 4.87. The second kappa shape index (κ2) is 9.68. The summed E-state index contributed by atoms with van der Waals surface area (Å²) in [5.74, 6) is -0.770. The average molecular weight is 479 g/mol. The molecule has 0 atom stereocenters. The maximum Gasteiger partial charge on any atom is 0.335 e. The van der Waals surface area contributed by atoms with E-state index in [9.17, 15) is 19.5 Å². The predicted molar refractivity (Wildman–Crippen MR) is 126 cm³/mol. The van der Waals surface area contributed by atoms with Gasteiger partial charge in [0.1, 0.15) is 29.4 Å². The Morgan fingerprint density at radius 3 is 2.38 bits per heavy atom. The lowest BCUT2D eigenvalue weighted by molar-refractivity contribution is -0.122. The van der Waals surface area contributed by atoms with Crippen LogP contribution in [0.1, 0.15) is 11.1 Å². The molecule has 2 N–H and O–H groups in total. The molecule has 172 valence electrons. The Hall–Kier alpha value is -4.30. The lowest BCUT2D eigenvalue weighted by Gasteiger charge is -2.26. The lowest BCUT2D eigenvalue weighted by atomic mass is 10.1. The third-order valence-corrected chi connectivity index (χ3v) is 5.29. The molecule has 3 aromatic carbocycles.